The van der Waals surface area contributed by atoms with Gasteiger partial charge >= 0.3 is 0 Å². The highest BCUT2D eigenvalue weighted by Crippen LogP contribution is 2.27. The lowest BCUT2D eigenvalue weighted by molar-refractivity contribution is -0.114. The Labute approximate surface area is 196 Å². The predicted octanol–water partition coefficient (Wildman–Crippen LogP) is 3.27. The Bertz CT molecular complexity index is 1180. The first-order valence-electron chi connectivity index (χ1n) is 10.9. The summed E-state index contributed by atoms with van der Waals surface area (Å²) in [7, 11) is -7.29. The van der Waals surface area contributed by atoms with Crippen molar-refractivity contribution >= 4 is 37.3 Å². The summed E-state index contributed by atoms with van der Waals surface area (Å²) in [6.07, 6.45) is 4.83. The first-order chi connectivity index (χ1) is 15.5. The Balaban J connectivity index is 1.74. The molecule has 1 aliphatic heterocycles. The number of rotatable bonds is 7. The topological polar surface area (TPSA) is 104 Å². The lowest BCUT2D eigenvalue weighted by Crippen LogP contribution is -2.38. The van der Waals surface area contributed by atoms with Gasteiger partial charge in [-0.2, -0.15) is 4.31 Å². The Morgan fingerprint density at radius 1 is 0.909 bits per heavy atom. The van der Waals surface area contributed by atoms with E-state index < -0.39 is 32.5 Å². The van der Waals surface area contributed by atoms with Gasteiger partial charge in [-0.1, -0.05) is 31.0 Å². The second-order valence-corrected chi connectivity index (χ2v) is 12.2. The molecule has 2 aromatic carbocycles. The third kappa shape index (κ3) is 6.13. The zero-order valence-corrected chi connectivity index (χ0v) is 20.9. The number of hydrogen-bond acceptors (Lipinski definition) is 5. The van der Waals surface area contributed by atoms with Crippen LogP contribution in [-0.4, -0.2) is 52.9 Å². The summed E-state index contributed by atoms with van der Waals surface area (Å²) in [6.45, 7) is 4.23. The van der Waals surface area contributed by atoms with Crippen molar-refractivity contribution in [3.63, 3.8) is 0 Å². The first-order valence-corrected chi connectivity index (χ1v) is 14.2. The summed E-state index contributed by atoms with van der Waals surface area (Å²) in [5.74, 6) is -0.522. The molecule has 180 valence electrons. The standard InChI is InChI=1S/C23H31N3O5S2/c1-18-9-8-10-19(2)23(18)26(32(3,28)29)17-22(27)24-20-11-13-21(14-12-20)33(30,31)25-15-6-4-5-7-16-25/h8-14H,4-7,15-17H2,1-3H3,(H,24,27). The van der Waals surface area contributed by atoms with E-state index in [1.54, 1.807) is 26.0 Å². The highest BCUT2D eigenvalue weighted by molar-refractivity contribution is 7.92. The Morgan fingerprint density at radius 3 is 1.97 bits per heavy atom. The quantitative estimate of drug-likeness (QED) is 0.638. The number of nitrogens with zero attached hydrogens (tertiary/aromatic N) is 2. The van der Waals surface area contributed by atoms with E-state index in [2.05, 4.69) is 5.32 Å². The summed E-state index contributed by atoms with van der Waals surface area (Å²) >= 11 is 0. The number of nitrogens with one attached hydrogen (secondary N) is 1. The van der Waals surface area contributed by atoms with Gasteiger partial charge in [0.1, 0.15) is 6.54 Å². The molecule has 8 nitrogen and oxygen atoms in total. The second kappa shape index (κ2) is 10.2. The number of para-hydroxylation sites is 1. The van der Waals surface area contributed by atoms with Crippen molar-refractivity contribution in [2.24, 2.45) is 0 Å². The second-order valence-electron chi connectivity index (χ2n) is 8.40. The van der Waals surface area contributed by atoms with Crippen LogP contribution < -0.4 is 9.62 Å². The Kier molecular flexibility index (Phi) is 7.81. The molecule has 0 radical (unpaired) electrons. The van der Waals surface area contributed by atoms with Crippen molar-refractivity contribution < 1.29 is 21.6 Å². The molecular formula is C23H31N3O5S2. The van der Waals surface area contributed by atoms with Crippen LogP contribution in [0.25, 0.3) is 0 Å². The predicted molar refractivity (Wildman–Crippen MR) is 130 cm³/mol. The molecule has 0 saturated carbocycles. The van der Waals surface area contributed by atoms with Crippen molar-refractivity contribution in [3.05, 3.63) is 53.6 Å². The highest BCUT2D eigenvalue weighted by Gasteiger charge is 2.26. The molecule has 0 unspecified atom stereocenters. The largest absolute Gasteiger partial charge is 0.325 e. The molecule has 1 aliphatic rings. The normalized spacial score (nSPS) is 15.6. The van der Waals surface area contributed by atoms with Crippen LogP contribution in [-0.2, 0) is 24.8 Å². The number of sulfonamides is 2. The molecule has 33 heavy (non-hydrogen) atoms. The van der Waals surface area contributed by atoms with Crippen LogP contribution in [0, 0.1) is 13.8 Å². The average molecular weight is 494 g/mol. The van der Waals surface area contributed by atoms with Gasteiger partial charge in [0.15, 0.2) is 0 Å². The molecule has 1 amide bonds. The van der Waals surface area contributed by atoms with Crippen LogP contribution in [0.5, 0.6) is 0 Å². The molecule has 0 atom stereocenters. The molecule has 0 spiro atoms. The van der Waals surface area contributed by atoms with Gasteiger partial charge in [-0.15, -0.1) is 0 Å². The summed E-state index contributed by atoms with van der Waals surface area (Å²) in [5, 5.41) is 2.67. The fourth-order valence-electron chi connectivity index (χ4n) is 4.03. The van der Waals surface area contributed by atoms with E-state index in [1.807, 2.05) is 6.07 Å². The fourth-order valence-corrected chi connectivity index (χ4v) is 6.52. The maximum absolute atomic E-state index is 12.9. The van der Waals surface area contributed by atoms with Gasteiger partial charge in [0.2, 0.25) is 26.0 Å². The number of carbonyl (C=O) groups is 1. The van der Waals surface area contributed by atoms with Crippen LogP contribution in [0.3, 0.4) is 0 Å². The summed E-state index contributed by atoms with van der Waals surface area (Å²) in [4.78, 5) is 12.9. The minimum absolute atomic E-state index is 0.177. The Hall–Kier alpha value is -2.43. The van der Waals surface area contributed by atoms with E-state index >= 15 is 0 Å². The SMILES string of the molecule is Cc1cccc(C)c1N(CC(=O)Nc1ccc(S(=O)(=O)N2CCCCCC2)cc1)S(C)(=O)=O. The van der Waals surface area contributed by atoms with Crippen molar-refractivity contribution in [3.8, 4) is 0 Å². The molecule has 1 heterocycles. The first kappa shape index (κ1) is 25.2. The average Bonchev–Trinajstić information content (AvgIpc) is 3.03. The van der Waals surface area contributed by atoms with E-state index in [9.17, 15) is 21.6 Å². The molecule has 1 fully saturated rings. The number of amides is 1. The number of carbonyl (C=O) groups excluding carboxylic acids is 1. The maximum Gasteiger partial charge on any atom is 0.245 e. The minimum atomic E-state index is -3.70. The van der Waals surface area contributed by atoms with Gasteiger partial charge < -0.3 is 5.32 Å². The van der Waals surface area contributed by atoms with Gasteiger partial charge in [-0.05, 0) is 62.1 Å². The van der Waals surface area contributed by atoms with Crippen molar-refractivity contribution in [2.75, 3.05) is 35.5 Å². The van der Waals surface area contributed by atoms with Crippen molar-refractivity contribution in [2.45, 2.75) is 44.4 Å². The minimum Gasteiger partial charge on any atom is -0.325 e. The van der Waals surface area contributed by atoms with Gasteiger partial charge in [0.05, 0.1) is 16.8 Å². The number of hydrogen-bond donors (Lipinski definition) is 1. The molecule has 0 aromatic heterocycles. The molecule has 0 aliphatic carbocycles. The molecule has 1 saturated heterocycles. The van der Waals surface area contributed by atoms with E-state index in [0.29, 0.717) is 24.5 Å². The molecular weight excluding hydrogens is 462 g/mol. The lowest BCUT2D eigenvalue weighted by Gasteiger charge is -2.25. The van der Waals surface area contributed by atoms with Gasteiger partial charge in [0.25, 0.3) is 0 Å². The zero-order chi connectivity index (χ0) is 24.2. The number of aryl methyl sites for hydroxylation is 2. The molecule has 0 bridgehead atoms. The molecule has 3 rings (SSSR count). The van der Waals surface area contributed by atoms with Gasteiger partial charge in [-0.3, -0.25) is 9.10 Å². The van der Waals surface area contributed by atoms with Crippen LogP contribution in [0.4, 0.5) is 11.4 Å². The van der Waals surface area contributed by atoms with Gasteiger partial charge in [0, 0.05) is 18.8 Å². The summed E-state index contributed by atoms with van der Waals surface area (Å²) < 4.78 is 53.3. The summed E-state index contributed by atoms with van der Waals surface area (Å²) in [6, 6.07) is 11.4. The maximum atomic E-state index is 12.9. The molecule has 2 aromatic rings. The van der Waals surface area contributed by atoms with E-state index in [0.717, 1.165) is 47.4 Å². The van der Waals surface area contributed by atoms with Crippen molar-refractivity contribution in [1.82, 2.24) is 4.31 Å². The monoisotopic (exact) mass is 493 g/mol. The molecule has 1 N–H and O–H groups in total. The highest BCUT2D eigenvalue weighted by atomic mass is 32.2. The number of anilines is 2. The smallest absolute Gasteiger partial charge is 0.245 e. The third-order valence-corrected chi connectivity index (χ3v) is 8.74. The Morgan fingerprint density at radius 2 is 1.45 bits per heavy atom. The fraction of sp³-hybridized carbons (Fsp3) is 0.435. The third-order valence-electron chi connectivity index (χ3n) is 5.72. The van der Waals surface area contributed by atoms with E-state index in [1.165, 1.54) is 28.6 Å². The molecule has 10 heteroatoms. The number of benzene rings is 2. The van der Waals surface area contributed by atoms with Crippen LogP contribution >= 0.6 is 0 Å². The lowest BCUT2D eigenvalue weighted by atomic mass is 10.1. The van der Waals surface area contributed by atoms with E-state index in [4.69, 9.17) is 0 Å². The van der Waals surface area contributed by atoms with Crippen LogP contribution in [0.1, 0.15) is 36.8 Å². The zero-order valence-electron chi connectivity index (χ0n) is 19.2. The van der Waals surface area contributed by atoms with E-state index in [-0.39, 0.29) is 4.90 Å². The van der Waals surface area contributed by atoms with Gasteiger partial charge in [-0.25, -0.2) is 16.8 Å². The van der Waals surface area contributed by atoms with Crippen LogP contribution in [0.15, 0.2) is 47.4 Å². The summed E-state index contributed by atoms with van der Waals surface area (Å²) in [5.41, 5.74) is 2.37. The van der Waals surface area contributed by atoms with Crippen LogP contribution in [0.2, 0.25) is 0 Å². The van der Waals surface area contributed by atoms with Crippen molar-refractivity contribution in [1.29, 1.82) is 0 Å².